The van der Waals surface area contributed by atoms with Crippen molar-refractivity contribution in [2.24, 2.45) is 0 Å². The smallest absolute Gasteiger partial charge is 0.304 e. The molecular formula is C24H24F4N4. The Morgan fingerprint density at radius 2 is 2.09 bits per heavy atom. The first-order chi connectivity index (χ1) is 15.1. The number of pyridine rings is 1. The van der Waals surface area contributed by atoms with E-state index in [1.165, 1.54) is 6.08 Å². The zero-order valence-electron chi connectivity index (χ0n) is 17.9. The number of fused-ring (bicyclic) bond motifs is 1. The number of nitrogens with zero attached hydrogens (tertiary/aromatic N) is 3. The molecule has 2 atom stereocenters. The van der Waals surface area contributed by atoms with Gasteiger partial charge in [0.05, 0.1) is 5.52 Å². The van der Waals surface area contributed by atoms with Crippen molar-refractivity contribution in [1.29, 1.82) is 5.26 Å². The topological polar surface area (TPSA) is 52.0 Å². The third kappa shape index (κ3) is 5.42. The third-order valence-electron chi connectivity index (χ3n) is 5.54. The summed E-state index contributed by atoms with van der Waals surface area (Å²) in [6.07, 6.45) is 0.306. The van der Waals surface area contributed by atoms with Gasteiger partial charge in [-0.15, -0.1) is 0 Å². The molecule has 0 radical (unpaired) electrons. The Bertz CT molecular complexity index is 1110. The van der Waals surface area contributed by atoms with E-state index in [4.69, 9.17) is 0 Å². The van der Waals surface area contributed by atoms with E-state index in [0.29, 0.717) is 23.2 Å². The van der Waals surface area contributed by atoms with Crippen LogP contribution in [0.2, 0.25) is 0 Å². The van der Waals surface area contributed by atoms with Crippen molar-refractivity contribution < 1.29 is 17.6 Å². The lowest BCUT2D eigenvalue weighted by atomic mass is 9.98. The molecule has 2 heterocycles. The predicted octanol–water partition coefficient (Wildman–Crippen LogP) is 5.27. The van der Waals surface area contributed by atoms with Crippen molar-refractivity contribution >= 4 is 16.5 Å². The fraction of sp³-hybridized carbons (Fsp3) is 0.333. The highest BCUT2D eigenvalue weighted by atomic mass is 19.4. The molecule has 0 saturated carbocycles. The molecular weight excluding hydrogens is 420 g/mol. The number of piperazine rings is 1. The summed E-state index contributed by atoms with van der Waals surface area (Å²) in [7, 11) is 0. The van der Waals surface area contributed by atoms with Crippen LogP contribution in [0, 0.1) is 11.3 Å². The first-order valence-corrected chi connectivity index (χ1v) is 10.2. The summed E-state index contributed by atoms with van der Waals surface area (Å²) >= 11 is 0. The maximum absolute atomic E-state index is 13.2. The van der Waals surface area contributed by atoms with Gasteiger partial charge in [-0.1, -0.05) is 30.9 Å². The molecule has 1 saturated heterocycles. The van der Waals surface area contributed by atoms with Crippen LogP contribution in [0.15, 0.2) is 54.9 Å². The number of rotatable bonds is 5. The fourth-order valence-corrected chi connectivity index (χ4v) is 3.79. The molecule has 0 bridgehead atoms. The molecule has 1 fully saturated rings. The van der Waals surface area contributed by atoms with Crippen LogP contribution in [-0.2, 0) is 6.54 Å². The zero-order valence-corrected chi connectivity index (χ0v) is 17.9. The van der Waals surface area contributed by atoms with Gasteiger partial charge in [0.25, 0.3) is 0 Å². The Balaban J connectivity index is 1.96. The minimum atomic E-state index is -4.30. The minimum Gasteiger partial charge on any atom is -0.304 e. The lowest BCUT2D eigenvalue weighted by molar-refractivity contribution is -0.168. The average Bonchev–Trinajstić information content (AvgIpc) is 2.74. The van der Waals surface area contributed by atoms with Crippen molar-refractivity contribution in [3.05, 3.63) is 71.7 Å². The van der Waals surface area contributed by atoms with Gasteiger partial charge in [-0.25, -0.2) is 9.37 Å². The van der Waals surface area contributed by atoms with Gasteiger partial charge in [0.2, 0.25) is 0 Å². The second-order valence-electron chi connectivity index (χ2n) is 7.82. The highest BCUT2D eigenvalue weighted by Crippen LogP contribution is 2.29. The number of benzene rings is 1. The van der Waals surface area contributed by atoms with E-state index >= 15 is 0 Å². The Labute approximate surface area is 184 Å². The molecule has 0 aliphatic carbocycles. The van der Waals surface area contributed by atoms with Gasteiger partial charge in [0.1, 0.15) is 23.6 Å². The van der Waals surface area contributed by atoms with E-state index < -0.39 is 18.0 Å². The Kier molecular flexibility index (Phi) is 7.12. The number of aromatic nitrogens is 1. The highest BCUT2D eigenvalue weighted by molar-refractivity contribution is 5.95. The zero-order chi connectivity index (χ0) is 23.5. The van der Waals surface area contributed by atoms with Gasteiger partial charge in [-0.05, 0) is 48.8 Å². The lowest BCUT2D eigenvalue weighted by Gasteiger charge is -2.39. The SMILES string of the molecule is C=C(F)/C=C\C(=C/C)c1cc(C#N)nc2cc(CN3CC(C(F)(F)F)NC[C@@H]3C)ccc12. The molecule has 1 aliphatic heterocycles. The maximum atomic E-state index is 13.2. The first kappa shape index (κ1) is 23.6. The molecule has 0 amide bonds. The van der Waals surface area contributed by atoms with Gasteiger partial charge in [0, 0.05) is 31.1 Å². The van der Waals surface area contributed by atoms with Crippen LogP contribution in [0.25, 0.3) is 16.5 Å². The van der Waals surface area contributed by atoms with E-state index in [2.05, 4.69) is 16.9 Å². The number of hydrogen-bond acceptors (Lipinski definition) is 4. The lowest BCUT2D eigenvalue weighted by Crippen LogP contribution is -2.60. The fourth-order valence-electron chi connectivity index (χ4n) is 3.79. The van der Waals surface area contributed by atoms with Crippen LogP contribution < -0.4 is 5.32 Å². The number of alkyl halides is 3. The van der Waals surface area contributed by atoms with Crippen molar-refractivity contribution in [3.63, 3.8) is 0 Å². The summed E-state index contributed by atoms with van der Waals surface area (Å²) in [5.41, 5.74) is 2.97. The van der Waals surface area contributed by atoms with Gasteiger partial charge in [0.15, 0.2) is 0 Å². The predicted molar refractivity (Wildman–Crippen MR) is 117 cm³/mol. The van der Waals surface area contributed by atoms with Gasteiger partial charge in [-0.2, -0.15) is 18.4 Å². The Morgan fingerprint density at radius 1 is 1.34 bits per heavy atom. The Hall–Kier alpha value is -3.02. The van der Waals surface area contributed by atoms with Crippen LogP contribution in [0.1, 0.15) is 30.7 Å². The number of halogens is 4. The summed E-state index contributed by atoms with van der Waals surface area (Å²) in [6, 6.07) is 7.52. The molecule has 1 aromatic heterocycles. The van der Waals surface area contributed by atoms with Crippen LogP contribution in [-0.4, -0.2) is 41.2 Å². The van der Waals surface area contributed by atoms with E-state index in [-0.39, 0.29) is 24.8 Å². The first-order valence-electron chi connectivity index (χ1n) is 10.2. The van der Waals surface area contributed by atoms with Crippen molar-refractivity contribution in [3.8, 4) is 6.07 Å². The van der Waals surface area contributed by atoms with Gasteiger partial charge in [-0.3, -0.25) is 4.90 Å². The van der Waals surface area contributed by atoms with Crippen LogP contribution in [0.3, 0.4) is 0 Å². The molecule has 3 rings (SSSR count). The van der Waals surface area contributed by atoms with Gasteiger partial charge < -0.3 is 5.32 Å². The molecule has 32 heavy (non-hydrogen) atoms. The molecule has 8 heteroatoms. The van der Waals surface area contributed by atoms with Crippen molar-refractivity contribution in [2.45, 2.75) is 38.7 Å². The van der Waals surface area contributed by atoms with Crippen molar-refractivity contribution in [2.75, 3.05) is 13.1 Å². The van der Waals surface area contributed by atoms with Gasteiger partial charge >= 0.3 is 6.18 Å². The standard InChI is InChI=1S/C24H24F4N4/c1-4-18(7-5-15(2)25)21-10-19(11-29)31-22-9-17(6-8-20(21)22)13-32-14-23(24(26,27)28)30-12-16(32)3/h4-10,16,23,30H,2,12-14H2,1,3H3/b7-5-,18-4+/t16-,23?/m0/s1. The highest BCUT2D eigenvalue weighted by Gasteiger charge is 2.43. The normalized spacial score (nSPS) is 20.6. The summed E-state index contributed by atoms with van der Waals surface area (Å²) in [6.45, 7) is 7.34. The van der Waals surface area contributed by atoms with Crippen LogP contribution in [0.4, 0.5) is 17.6 Å². The number of allylic oxidation sites excluding steroid dienone is 5. The van der Waals surface area contributed by atoms with E-state index in [9.17, 15) is 22.8 Å². The molecule has 168 valence electrons. The van der Waals surface area contributed by atoms with Crippen LogP contribution in [0.5, 0.6) is 0 Å². The Morgan fingerprint density at radius 3 is 2.72 bits per heavy atom. The number of hydrogen-bond donors (Lipinski definition) is 1. The van der Waals surface area contributed by atoms with Crippen molar-refractivity contribution in [1.82, 2.24) is 15.2 Å². The third-order valence-corrected chi connectivity index (χ3v) is 5.54. The summed E-state index contributed by atoms with van der Waals surface area (Å²) < 4.78 is 52.6. The largest absolute Gasteiger partial charge is 0.405 e. The molecule has 0 spiro atoms. The second kappa shape index (κ2) is 9.63. The average molecular weight is 444 g/mol. The minimum absolute atomic E-state index is 0.0631. The summed E-state index contributed by atoms with van der Waals surface area (Å²) in [5.74, 6) is -0.590. The van der Waals surface area contributed by atoms with E-state index in [1.807, 2.05) is 25.1 Å². The molecule has 1 aliphatic rings. The second-order valence-corrected chi connectivity index (χ2v) is 7.82. The van der Waals surface area contributed by atoms with E-state index in [0.717, 1.165) is 10.9 Å². The molecule has 1 aromatic carbocycles. The van der Waals surface area contributed by atoms with Crippen LogP contribution >= 0.6 is 0 Å². The maximum Gasteiger partial charge on any atom is 0.405 e. The number of nitriles is 1. The molecule has 2 aromatic rings. The van der Waals surface area contributed by atoms with E-state index in [1.54, 1.807) is 36.1 Å². The number of nitrogens with one attached hydrogen (secondary N) is 1. The molecule has 1 N–H and O–H groups in total. The molecule has 4 nitrogen and oxygen atoms in total. The summed E-state index contributed by atoms with van der Waals surface area (Å²) in [5, 5.41) is 12.7. The monoisotopic (exact) mass is 444 g/mol. The summed E-state index contributed by atoms with van der Waals surface area (Å²) in [4.78, 5) is 6.17. The quantitative estimate of drug-likeness (QED) is 0.504. The molecule has 1 unspecified atom stereocenters.